The van der Waals surface area contributed by atoms with Gasteiger partial charge in [-0.05, 0) is 41.0 Å². The maximum Gasteiger partial charge on any atom is 0.418 e. The van der Waals surface area contributed by atoms with E-state index in [2.05, 4.69) is 10.1 Å². The zero-order chi connectivity index (χ0) is 35.3. The molecule has 50 heavy (non-hydrogen) atoms. The second-order valence-electron chi connectivity index (χ2n) is 11.7. The summed E-state index contributed by atoms with van der Waals surface area (Å²) < 4.78 is 58.8. The topological polar surface area (TPSA) is 118 Å². The lowest BCUT2D eigenvalue weighted by molar-refractivity contribution is -0.206. The minimum absolute atomic E-state index is 0.132. The Balaban J connectivity index is 1.34. The van der Waals surface area contributed by atoms with Crippen LogP contribution in [0, 0.1) is 0 Å². The lowest BCUT2D eigenvalue weighted by Crippen LogP contribution is -2.49. The number of aromatic nitrogens is 4. The number of halogens is 3. The van der Waals surface area contributed by atoms with E-state index in [0.29, 0.717) is 24.6 Å². The van der Waals surface area contributed by atoms with E-state index in [4.69, 9.17) is 19.2 Å². The van der Waals surface area contributed by atoms with Gasteiger partial charge < -0.3 is 34.0 Å². The molecule has 1 aliphatic rings. The Hall–Kier alpha value is -5.57. The van der Waals surface area contributed by atoms with Gasteiger partial charge in [-0.15, -0.1) is 0 Å². The third kappa shape index (κ3) is 7.83. The molecule has 0 radical (unpaired) electrons. The highest BCUT2D eigenvalue weighted by Crippen LogP contribution is 2.35. The summed E-state index contributed by atoms with van der Waals surface area (Å²) in [6, 6.07) is 24.1. The fraction of sp³-hybridized carbons (Fsp3) is 0.314. The van der Waals surface area contributed by atoms with Crippen molar-refractivity contribution in [2.24, 2.45) is 0 Å². The number of amides is 1. The van der Waals surface area contributed by atoms with Crippen molar-refractivity contribution in [2.75, 3.05) is 50.2 Å². The Kier molecular flexibility index (Phi) is 10.2. The van der Waals surface area contributed by atoms with E-state index in [0.717, 1.165) is 22.9 Å². The average Bonchev–Trinajstić information content (AvgIpc) is 3.57. The molecule has 1 saturated heterocycles. The van der Waals surface area contributed by atoms with Crippen molar-refractivity contribution in [3.05, 3.63) is 107 Å². The second kappa shape index (κ2) is 14.9. The predicted molar refractivity (Wildman–Crippen MR) is 178 cm³/mol. The highest BCUT2D eigenvalue weighted by atomic mass is 19.4. The molecule has 0 spiro atoms. The number of carbonyl (C=O) groups is 1. The van der Waals surface area contributed by atoms with Gasteiger partial charge in [0.2, 0.25) is 11.9 Å². The molecule has 1 fully saturated rings. The number of hydrogen-bond acceptors (Lipinski definition) is 10. The Morgan fingerprint density at radius 1 is 0.840 bits per heavy atom. The molecular formula is C35H36F3N7O5. The number of alkyl halides is 3. The maximum absolute atomic E-state index is 13.8. The van der Waals surface area contributed by atoms with Gasteiger partial charge in [0.15, 0.2) is 11.8 Å². The number of hydrogen-bond donors (Lipinski definition) is 1. The van der Waals surface area contributed by atoms with Gasteiger partial charge in [0.05, 0.1) is 26.0 Å². The number of rotatable bonds is 11. The van der Waals surface area contributed by atoms with Crippen molar-refractivity contribution >= 4 is 23.6 Å². The molecule has 15 heteroatoms. The molecule has 0 saturated carbocycles. The summed E-state index contributed by atoms with van der Waals surface area (Å²) in [4.78, 5) is 27.4. The normalized spacial score (nSPS) is 14.0. The molecule has 1 amide bonds. The number of fused-ring (bicyclic) bond motifs is 1. The molecular weight excluding hydrogens is 655 g/mol. The lowest BCUT2D eigenvalue weighted by atomic mass is 10.1. The average molecular weight is 692 g/mol. The largest absolute Gasteiger partial charge is 0.497 e. The van der Waals surface area contributed by atoms with E-state index in [1.165, 1.54) is 4.52 Å². The fourth-order valence-electron chi connectivity index (χ4n) is 5.58. The standard InChI is InChI=1S/C35H36F3N7O5/c1-48-27-12-8-24(9-13-27)21-44(22-25-10-14-28(49-2)15-11-25)33-41-32(40-31-29(20-39-45(31)33)30(46)35(36,37)38)42-16-18-43(19-17-42)34(47)50-23-26-6-4-3-5-7-26/h3-15,20,30,46H,16-19,21-23H2,1-2H3. The zero-order valence-corrected chi connectivity index (χ0v) is 27.5. The van der Waals surface area contributed by atoms with Crippen LogP contribution in [0.2, 0.25) is 0 Å². The van der Waals surface area contributed by atoms with Crippen LogP contribution >= 0.6 is 0 Å². The maximum atomic E-state index is 13.8. The number of benzene rings is 3. The van der Waals surface area contributed by atoms with E-state index in [1.54, 1.807) is 24.0 Å². The quantitative estimate of drug-likeness (QED) is 0.193. The van der Waals surface area contributed by atoms with Crippen molar-refractivity contribution in [2.45, 2.75) is 32.0 Å². The third-order valence-electron chi connectivity index (χ3n) is 8.34. The predicted octanol–water partition coefficient (Wildman–Crippen LogP) is 5.40. The molecule has 3 heterocycles. The van der Waals surface area contributed by atoms with E-state index in [9.17, 15) is 23.1 Å². The van der Waals surface area contributed by atoms with Crippen LogP contribution in [-0.4, -0.2) is 82.3 Å². The summed E-state index contributed by atoms with van der Waals surface area (Å²) in [7, 11) is 3.14. The van der Waals surface area contributed by atoms with Crippen molar-refractivity contribution in [1.82, 2.24) is 24.5 Å². The first-order chi connectivity index (χ1) is 24.1. The monoisotopic (exact) mass is 691 g/mol. The van der Waals surface area contributed by atoms with Crippen LogP contribution < -0.4 is 19.3 Å². The first-order valence-electron chi connectivity index (χ1n) is 15.8. The van der Waals surface area contributed by atoms with Crippen LogP contribution in [0.15, 0.2) is 85.1 Å². The minimum Gasteiger partial charge on any atom is -0.497 e. The molecule has 6 rings (SSSR count). The van der Waals surface area contributed by atoms with Gasteiger partial charge in [-0.1, -0.05) is 54.6 Å². The van der Waals surface area contributed by atoms with Gasteiger partial charge >= 0.3 is 12.3 Å². The zero-order valence-electron chi connectivity index (χ0n) is 27.5. The van der Waals surface area contributed by atoms with Crippen molar-refractivity contribution in [3.63, 3.8) is 0 Å². The van der Waals surface area contributed by atoms with Crippen LogP contribution in [0.4, 0.5) is 29.9 Å². The van der Waals surface area contributed by atoms with E-state index >= 15 is 0 Å². The number of ether oxygens (including phenoxy) is 3. The van der Waals surface area contributed by atoms with Crippen LogP contribution in [0.25, 0.3) is 5.65 Å². The third-order valence-corrected chi connectivity index (χ3v) is 8.34. The second-order valence-corrected chi connectivity index (χ2v) is 11.7. The van der Waals surface area contributed by atoms with E-state index in [1.807, 2.05) is 83.8 Å². The Labute approximate surface area is 286 Å². The van der Waals surface area contributed by atoms with E-state index < -0.39 is 23.9 Å². The molecule has 3 aromatic carbocycles. The Morgan fingerprint density at radius 3 is 1.96 bits per heavy atom. The number of anilines is 2. The van der Waals surface area contributed by atoms with Crippen molar-refractivity contribution < 1.29 is 37.3 Å². The number of piperazine rings is 1. The summed E-state index contributed by atoms with van der Waals surface area (Å²) >= 11 is 0. The smallest absolute Gasteiger partial charge is 0.418 e. The first-order valence-corrected chi connectivity index (χ1v) is 15.8. The first kappa shape index (κ1) is 34.3. The Bertz CT molecular complexity index is 1830. The van der Waals surface area contributed by atoms with Gasteiger partial charge in [0, 0.05) is 39.3 Å². The SMILES string of the molecule is COc1ccc(CN(Cc2ccc(OC)cc2)c2nc(N3CCN(C(=O)OCc4ccccc4)CC3)nc3c(C(O)C(F)(F)F)cnn23)cc1. The summed E-state index contributed by atoms with van der Waals surface area (Å²) in [5.41, 5.74) is 1.92. The highest BCUT2D eigenvalue weighted by molar-refractivity contribution is 5.68. The summed E-state index contributed by atoms with van der Waals surface area (Å²) in [6.07, 6.45) is -7.27. The molecule has 1 N–H and O–H groups in total. The summed E-state index contributed by atoms with van der Waals surface area (Å²) in [5, 5.41) is 14.6. The number of aliphatic hydroxyl groups is 1. The van der Waals surface area contributed by atoms with Crippen molar-refractivity contribution in [1.29, 1.82) is 0 Å². The van der Waals surface area contributed by atoms with Crippen molar-refractivity contribution in [3.8, 4) is 11.5 Å². The fourth-order valence-corrected chi connectivity index (χ4v) is 5.58. The summed E-state index contributed by atoms with van der Waals surface area (Å²) in [6.45, 7) is 1.84. The molecule has 5 aromatic rings. The van der Waals surface area contributed by atoms with Crippen LogP contribution in [0.1, 0.15) is 28.4 Å². The molecule has 2 aromatic heterocycles. The molecule has 1 aliphatic heterocycles. The van der Waals surface area contributed by atoms with Gasteiger partial charge in [-0.2, -0.15) is 32.8 Å². The minimum atomic E-state index is -4.95. The number of nitrogens with zero attached hydrogens (tertiary/aromatic N) is 7. The Morgan fingerprint density at radius 2 is 1.42 bits per heavy atom. The van der Waals surface area contributed by atoms with Gasteiger partial charge in [-0.25, -0.2) is 4.79 Å². The van der Waals surface area contributed by atoms with Gasteiger partial charge in [0.1, 0.15) is 18.1 Å². The number of methoxy groups -OCH3 is 2. The molecule has 262 valence electrons. The molecule has 12 nitrogen and oxygen atoms in total. The summed E-state index contributed by atoms with van der Waals surface area (Å²) in [5.74, 6) is 1.68. The molecule has 1 unspecified atom stereocenters. The van der Waals surface area contributed by atoms with E-state index in [-0.39, 0.29) is 50.3 Å². The van der Waals surface area contributed by atoms with Crippen LogP contribution in [0.3, 0.4) is 0 Å². The number of carbonyl (C=O) groups excluding carboxylic acids is 1. The van der Waals surface area contributed by atoms with Crippen LogP contribution in [-0.2, 0) is 24.4 Å². The van der Waals surface area contributed by atoms with Crippen LogP contribution in [0.5, 0.6) is 11.5 Å². The highest BCUT2D eigenvalue weighted by Gasteiger charge is 2.42. The number of aliphatic hydroxyl groups excluding tert-OH is 1. The van der Waals surface area contributed by atoms with Gasteiger partial charge in [-0.3, -0.25) is 0 Å². The molecule has 0 bridgehead atoms. The van der Waals surface area contributed by atoms with Gasteiger partial charge in [0.25, 0.3) is 0 Å². The molecule has 0 aliphatic carbocycles. The lowest BCUT2D eigenvalue weighted by Gasteiger charge is -2.34. The molecule has 1 atom stereocenters.